The van der Waals surface area contributed by atoms with Crippen LogP contribution in [0.15, 0.2) is 48.5 Å². The number of nitrogens with zero attached hydrogens (tertiary/aromatic N) is 2. The van der Waals surface area contributed by atoms with Crippen LogP contribution < -0.4 is 9.62 Å². The molecular formula is C25H34ClN3O4S. The zero-order chi connectivity index (χ0) is 25.7. The fourth-order valence-corrected chi connectivity index (χ4v) is 4.68. The van der Waals surface area contributed by atoms with Crippen LogP contribution in [-0.2, 0) is 26.2 Å². The second-order valence-electron chi connectivity index (χ2n) is 9.32. The van der Waals surface area contributed by atoms with Gasteiger partial charge in [-0.05, 0) is 57.4 Å². The number of hydrogen-bond donors (Lipinski definition) is 1. The molecule has 2 rings (SSSR count). The average Bonchev–Trinajstić information content (AvgIpc) is 2.72. The molecule has 1 atom stereocenters. The largest absolute Gasteiger partial charge is 0.350 e. The number of carbonyl (C=O) groups excluding carboxylic acids is 2. The van der Waals surface area contributed by atoms with E-state index in [2.05, 4.69) is 5.32 Å². The minimum absolute atomic E-state index is 0.169. The lowest BCUT2D eigenvalue weighted by molar-refractivity contribution is -0.141. The molecule has 2 aromatic carbocycles. The highest BCUT2D eigenvalue weighted by Gasteiger charge is 2.33. The molecule has 0 saturated heterocycles. The van der Waals surface area contributed by atoms with E-state index in [0.717, 1.165) is 16.1 Å². The lowest BCUT2D eigenvalue weighted by atomic mass is 10.1. The van der Waals surface area contributed by atoms with Gasteiger partial charge >= 0.3 is 0 Å². The van der Waals surface area contributed by atoms with Gasteiger partial charge in [0.15, 0.2) is 0 Å². The van der Waals surface area contributed by atoms with Gasteiger partial charge in [0.2, 0.25) is 21.8 Å². The highest BCUT2D eigenvalue weighted by Crippen LogP contribution is 2.28. The fourth-order valence-electron chi connectivity index (χ4n) is 3.61. The van der Waals surface area contributed by atoms with E-state index in [0.29, 0.717) is 22.7 Å². The lowest BCUT2D eigenvalue weighted by Gasteiger charge is -2.34. The molecule has 7 nitrogen and oxygen atoms in total. The number of anilines is 1. The van der Waals surface area contributed by atoms with Gasteiger partial charge in [-0.1, -0.05) is 54.9 Å². The third-order valence-corrected chi connectivity index (χ3v) is 6.80. The van der Waals surface area contributed by atoms with Gasteiger partial charge in [0.25, 0.3) is 0 Å². The van der Waals surface area contributed by atoms with E-state index < -0.39 is 34.1 Å². The Morgan fingerprint density at radius 1 is 1.06 bits per heavy atom. The van der Waals surface area contributed by atoms with Crippen molar-refractivity contribution in [2.45, 2.75) is 59.2 Å². The molecule has 2 amide bonds. The molecular weight excluding hydrogens is 474 g/mol. The molecule has 0 aliphatic carbocycles. The Morgan fingerprint density at radius 2 is 1.68 bits per heavy atom. The molecule has 0 aliphatic heterocycles. The second kappa shape index (κ2) is 11.2. The number of carbonyl (C=O) groups is 2. The van der Waals surface area contributed by atoms with Crippen LogP contribution in [-0.4, -0.2) is 49.5 Å². The number of amides is 2. The maximum atomic E-state index is 13.7. The Hall–Kier alpha value is -2.58. The lowest BCUT2D eigenvalue weighted by Crippen LogP contribution is -2.55. The van der Waals surface area contributed by atoms with Crippen LogP contribution in [0.5, 0.6) is 0 Å². The Kier molecular flexibility index (Phi) is 9.14. The Labute approximate surface area is 208 Å². The van der Waals surface area contributed by atoms with Gasteiger partial charge in [0, 0.05) is 17.1 Å². The zero-order valence-corrected chi connectivity index (χ0v) is 22.2. The zero-order valence-electron chi connectivity index (χ0n) is 20.6. The number of rotatable bonds is 9. The van der Waals surface area contributed by atoms with E-state index in [1.54, 1.807) is 25.1 Å². The van der Waals surface area contributed by atoms with Gasteiger partial charge in [-0.2, -0.15) is 0 Å². The average molecular weight is 508 g/mol. The van der Waals surface area contributed by atoms with Crippen LogP contribution in [0, 0.1) is 6.92 Å². The molecule has 1 N–H and O–H groups in total. The smallest absolute Gasteiger partial charge is 0.244 e. The molecule has 0 bridgehead atoms. The van der Waals surface area contributed by atoms with Crippen molar-refractivity contribution in [3.8, 4) is 0 Å². The van der Waals surface area contributed by atoms with Crippen molar-refractivity contribution >= 4 is 39.1 Å². The predicted molar refractivity (Wildman–Crippen MR) is 137 cm³/mol. The summed E-state index contributed by atoms with van der Waals surface area (Å²) < 4.78 is 26.5. The standard InChI is InChI=1S/C25H34ClN3O4S/c1-7-21(24(31)27-25(3,4)5)28(16-19-12-9-8-10-13-19)23(30)17-29(34(6,32)33)22-15-11-14-20(26)18(22)2/h8-15,21H,7,16-17H2,1-6H3,(H,27,31)/t21-/m0/s1. The van der Waals surface area contributed by atoms with Gasteiger partial charge < -0.3 is 10.2 Å². The van der Waals surface area contributed by atoms with Crippen molar-refractivity contribution in [3.05, 3.63) is 64.7 Å². The minimum Gasteiger partial charge on any atom is -0.350 e. The van der Waals surface area contributed by atoms with Crippen molar-refractivity contribution in [2.75, 3.05) is 17.1 Å². The summed E-state index contributed by atoms with van der Waals surface area (Å²) in [6.45, 7) is 8.85. The summed E-state index contributed by atoms with van der Waals surface area (Å²) >= 11 is 6.22. The summed E-state index contributed by atoms with van der Waals surface area (Å²) in [5, 5.41) is 3.34. The second-order valence-corrected chi connectivity index (χ2v) is 11.6. The van der Waals surface area contributed by atoms with Crippen LogP contribution in [0.3, 0.4) is 0 Å². The van der Waals surface area contributed by atoms with Crippen molar-refractivity contribution in [1.82, 2.24) is 10.2 Å². The Balaban J connectivity index is 2.48. The highest BCUT2D eigenvalue weighted by atomic mass is 35.5. The Bertz CT molecular complexity index is 1110. The normalized spacial score (nSPS) is 12.7. The van der Waals surface area contributed by atoms with E-state index in [1.165, 1.54) is 4.90 Å². The summed E-state index contributed by atoms with van der Waals surface area (Å²) in [5.74, 6) is -0.770. The maximum absolute atomic E-state index is 13.7. The summed E-state index contributed by atoms with van der Waals surface area (Å²) in [4.78, 5) is 28.2. The van der Waals surface area contributed by atoms with E-state index in [9.17, 15) is 18.0 Å². The molecule has 0 aliphatic rings. The molecule has 0 spiro atoms. The number of sulfonamides is 1. The van der Waals surface area contributed by atoms with Crippen molar-refractivity contribution in [1.29, 1.82) is 0 Å². The van der Waals surface area contributed by atoms with Crippen LogP contribution in [0.1, 0.15) is 45.2 Å². The van der Waals surface area contributed by atoms with Crippen LogP contribution in [0.25, 0.3) is 0 Å². The van der Waals surface area contributed by atoms with E-state index in [-0.39, 0.29) is 12.5 Å². The van der Waals surface area contributed by atoms with Gasteiger partial charge in [0.05, 0.1) is 11.9 Å². The van der Waals surface area contributed by atoms with Crippen LogP contribution >= 0.6 is 11.6 Å². The van der Waals surface area contributed by atoms with E-state index in [1.807, 2.05) is 58.0 Å². The third-order valence-electron chi connectivity index (χ3n) is 5.27. The fraction of sp³-hybridized carbons (Fsp3) is 0.440. The first kappa shape index (κ1) is 27.7. The molecule has 9 heteroatoms. The monoisotopic (exact) mass is 507 g/mol. The number of hydrogen-bond acceptors (Lipinski definition) is 4. The molecule has 0 radical (unpaired) electrons. The summed E-state index contributed by atoms with van der Waals surface area (Å²) in [6.07, 6.45) is 1.42. The summed E-state index contributed by atoms with van der Waals surface area (Å²) in [7, 11) is -3.81. The minimum atomic E-state index is -3.81. The topological polar surface area (TPSA) is 86.8 Å². The molecule has 34 heavy (non-hydrogen) atoms. The Morgan fingerprint density at radius 3 is 2.21 bits per heavy atom. The molecule has 0 heterocycles. The number of nitrogens with one attached hydrogen (secondary N) is 1. The van der Waals surface area contributed by atoms with Gasteiger partial charge in [-0.15, -0.1) is 0 Å². The summed E-state index contributed by atoms with van der Waals surface area (Å²) in [5.41, 5.74) is 1.23. The maximum Gasteiger partial charge on any atom is 0.244 e. The first-order valence-electron chi connectivity index (χ1n) is 11.1. The predicted octanol–water partition coefficient (Wildman–Crippen LogP) is 4.14. The van der Waals surface area contributed by atoms with E-state index >= 15 is 0 Å². The highest BCUT2D eigenvalue weighted by molar-refractivity contribution is 7.92. The number of halogens is 1. The van der Waals surface area contributed by atoms with Gasteiger partial charge in [-0.3, -0.25) is 13.9 Å². The first-order chi connectivity index (χ1) is 15.7. The number of benzene rings is 2. The van der Waals surface area contributed by atoms with Crippen molar-refractivity contribution < 1.29 is 18.0 Å². The van der Waals surface area contributed by atoms with Crippen molar-refractivity contribution in [3.63, 3.8) is 0 Å². The molecule has 0 fully saturated rings. The molecule has 2 aromatic rings. The van der Waals surface area contributed by atoms with Crippen LogP contribution in [0.2, 0.25) is 5.02 Å². The quantitative estimate of drug-likeness (QED) is 0.552. The van der Waals surface area contributed by atoms with Gasteiger partial charge in [-0.25, -0.2) is 8.42 Å². The first-order valence-corrected chi connectivity index (χ1v) is 13.4. The van der Waals surface area contributed by atoms with E-state index in [4.69, 9.17) is 11.6 Å². The SMILES string of the molecule is CC[C@@H](C(=O)NC(C)(C)C)N(Cc1ccccc1)C(=O)CN(c1cccc(Cl)c1C)S(C)(=O)=O. The summed E-state index contributed by atoms with van der Waals surface area (Å²) in [6, 6.07) is 13.4. The molecule has 186 valence electrons. The van der Waals surface area contributed by atoms with Gasteiger partial charge in [0.1, 0.15) is 12.6 Å². The van der Waals surface area contributed by atoms with Crippen LogP contribution in [0.4, 0.5) is 5.69 Å². The molecule has 0 unspecified atom stereocenters. The molecule has 0 saturated carbocycles. The van der Waals surface area contributed by atoms with Crippen molar-refractivity contribution in [2.24, 2.45) is 0 Å². The molecule has 0 aromatic heterocycles. The third kappa shape index (κ3) is 7.46.